The largest absolute Gasteiger partial charge is 0.612 e. The number of ether oxygens (including phenoxy) is 1. The van der Waals surface area contributed by atoms with Gasteiger partial charge in [-0.2, -0.15) is 0 Å². The number of ketones is 1. The summed E-state index contributed by atoms with van der Waals surface area (Å²) in [6, 6.07) is 14.6. The van der Waals surface area contributed by atoms with Crippen LogP contribution in [0.25, 0.3) is 11.3 Å². The maximum Gasteiger partial charge on any atom is 0.210 e. The van der Waals surface area contributed by atoms with E-state index in [0.29, 0.717) is 26.8 Å². The lowest BCUT2D eigenvalue weighted by Crippen LogP contribution is -2.29. The summed E-state index contributed by atoms with van der Waals surface area (Å²) in [7, 11) is 0. The fourth-order valence-corrected chi connectivity index (χ4v) is 3.80. The van der Waals surface area contributed by atoms with Crippen molar-refractivity contribution in [3.05, 3.63) is 64.7 Å². The molecule has 2 aromatic rings. The van der Waals surface area contributed by atoms with Crippen LogP contribution in [0.2, 0.25) is 5.02 Å². The molecule has 1 atom stereocenters. The quantitative estimate of drug-likeness (QED) is 0.766. The van der Waals surface area contributed by atoms with E-state index in [2.05, 4.69) is 0 Å². The van der Waals surface area contributed by atoms with E-state index in [-0.39, 0.29) is 5.78 Å². The first-order valence-corrected chi connectivity index (χ1v) is 9.42. The van der Waals surface area contributed by atoms with Gasteiger partial charge in [-0.25, -0.2) is 0 Å². The summed E-state index contributed by atoms with van der Waals surface area (Å²) in [5.41, 5.74) is 1.12. The number of benzene rings is 2. The van der Waals surface area contributed by atoms with Crippen molar-refractivity contribution in [3.63, 3.8) is 0 Å². The monoisotopic (exact) mass is 360 g/mol. The van der Waals surface area contributed by atoms with E-state index in [0.717, 1.165) is 5.56 Å². The molecule has 1 aliphatic rings. The molecule has 124 valence electrons. The van der Waals surface area contributed by atoms with E-state index in [1.54, 1.807) is 38.3 Å². The molecular formula is C19H17ClO3S. The second-order valence-electron chi connectivity index (χ2n) is 6.11. The number of hydrogen-bond donors (Lipinski definition) is 0. The lowest BCUT2D eigenvalue weighted by Gasteiger charge is -2.18. The number of halogens is 1. The third-order valence-corrected chi connectivity index (χ3v) is 5.32. The summed E-state index contributed by atoms with van der Waals surface area (Å²) < 4.78 is 17.6. The fourth-order valence-electron chi connectivity index (χ4n) is 2.70. The van der Waals surface area contributed by atoms with Crippen molar-refractivity contribution in [3.8, 4) is 0 Å². The average Bonchev–Trinajstić information content (AvgIpc) is 2.78. The Bertz CT molecular complexity index is 826. The van der Waals surface area contributed by atoms with Crippen LogP contribution in [0.5, 0.6) is 0 Å². The molecular weight excluding hydrogens is 344 g/mol. The van der Waals surface area contributed by atoms with Crippen LogP contribution in [0, 0.1) is 0 Å². The molecule has 3 nitrogen and oxygen atoms in total. The van der Waals surface area contributed by atoms with Crippen molar-refractivity contribution in [1.82, 2.24) is 0 Å². The molecule has 1 aliphatic heterocycles. The zero-order chi connectivity index (χ0) is 17.5. The Morgan fingerprint density at radius 1 is 1.08 bits per heavy atom. The zero-order valence-electron chi connectivity index (χ0n) is 13.6. The smallest absolute Gasteiger partial charge is 0.210 e. The molecule has 0 amide bonds. The predicted molar refractivity (Wildman–Crippen MR) is 97.2 cm³/mol. The molecule has 0 radical (unpaired) electrons. The molecule has 0 spiro atoms. The van der Waals surface area contributed by atoms with Gasteiger partial charge in [-0.05, 0) is 48.8 Å². The van der Waals surface area contributed by atoms with Gasteiger partial charge in [-0.15, -0.1) is 0 Å². The molecule has 1 heterocycles. The third-order valence-electron chi connectivity index (χ3n) is 3.92. The molecule has 0 N–H and O–H groups in total. The van der Waals surface area contributed by atoms with Crippen molar-refractivity contribution < 1.29 is 14.1 Å². The van der Waals surface area contributed by atoms with E-state index in [1.807, 2.05) is 30.3 Å². The Morgan fingerprint density at radius 3 is 2.33 bits per heavy atom. The van der Waals surface area contributed by atoms with Gasteiger partial charge in [0.2, 0.25) is 5.78 Å². The third kappa shape index (κ3) is 2.97. The van der Waals surface area contributed by atoms with Crippen LogP contribution in [0.1, 0.15) is 25.0 Å². The summed E-state index contributed by atoms with van der Waals surface area (Å²) in [6.45, 7) is 3.50. The van der Waals surface area contributed by atoms with Gasteiger partial charge in [-0.1, -0.05) is 41.9 Å². The Kier molecular flexibility index (Phi) is 4.47. The molecule has 0 aromatic heterocycles. The number of hydrogen-bond acceptors (Lipinski definition) is 3. The molecule has 0 bridgehead atoms. The van der Waals surface area contributed by atoms with Crippen LogP contribution in [-0.4, -0.2) is 22.2 Å². The van der Waals surface area contributed by atoms with Crippen molar-refractivity contribution in [2.75, 3.05) is 6.26 Å². The summed E-state index contributed by atoms with van der Waals surface area (Å²) in [6.07, 6.45) is 1.58. The van der Waals surface area contributed by atoms with Crippen LogP contribution in [0.15, 0.2) is 53.4 Å². The zero-order valence-corrected chi connectivity index (χ0v) is 15.2. The minimum absolute atomic E-state index is 0.0667. The van der Waals surface area contributed by atoms with Gasteiger partial charge >= 0.3 is 0 Å². The second-order valence-corrected chi connectivity index (χ2v) is 7.87. The van der Waals surface area contributed by atoms with Crippen LogP contribution in [0.4, 0.5) is 0 Å². The minimum Gasteiger partial charge on any atom is -0.612 e. The first-order chi connectivity index (χ1) is 11.3. The Hall–Kier alpha value is -1.75. The van der Waals surface area contributed by atoms with Crippen molar-refractivity contribution in [1.29, 1.82) is 0 Å². The minimum atomic E-state index is -1.17. The van der Waals surface area contributed by atoms with Gasteiger partial charge in [0.1, 0.15) is 12.0 Å². The maximum absolute atomic E-state index is 12.8. The average molecular weight is 361 g/mol. The standard InChI is InChI=1S/C19H17ClO3S/c1-19(2)18(21)16(12-7-5-4-6-8-12)17(23-19)13-9-10-15(24(3)22)14(20)11-13/h4-11H,1-3H3. The van der Waals surface area contributed by atoms with Crippen molar-refractivity contribution in [2.24, 2.45) is 0 Å². The lowest BCUT2D eigenvalue weighted by molar-refractivity contribution is -0.125. The van der Waals surface area contributed by atoms with Gasteiger partial charge in [0.15, 0.2) is 10.5 Å². The van der Waals surface area contributed by atoms with Gasteiger partial charge in [-0.3, -0.25) is 4.79 Å². The second kappa shape index (κ2) is 6.28. The van der Waals surface area contributed by atoms with Gasteiger partial charge < -0.3 is 9.29 Å². The first-order valence-electron chi connectivity index (χ1n) is 7.48. The highest BCUT2D eigenvalue weighted by molar-refractivity contribution is 7.90. The molecule has 0 saturated heterocycles. The molecule has 5 heteroatoms. The number of carbonyl (C=O) groups excluding carboxylic acids is 1. The Morgan fingerprint density at radius 2 is 1.75 bits per heavy atom. The predicted octanol–water partition coefficient (Wildman–Crippen LogP) is 4.32. The van der Waals surface area contributed by atoms with Gasteiger partial charge in [0.25, 0.3) is 0 Å². The number of Topliss-reactive ketones (excluding diaryl/α,β-unsaturated/α-hetero) is 1. The molecule has 2 aromatic carbocycles. The van der Waals surface area contributed by atoms with Crippen LogP contribution < -0.4 is 0 Å². The highest BCUT2D eigenvalue weighted by atomic mass is 35.5. The summed E-state index contributed by atoms with van der Waals surface area (Å²) in [4.78, 5) is 13.4. The molecule has 3 rings (SSSR count). The first kappa shape index (κ1) is 17.1. The normalized spacial score (nSPS) is 17.8. The van der Waals surface area contributed by atoms with Crippen molar-refractivity contribution in [2.45, 2.75) is 24.3 Å². The highest BCUT2D eigenvalue weighted by Gasteiger charge is 2.42. The fraction of sp³-hybridized carbons (Fsp3) is 0.211. The number of rotatable bonds is 3. The van der Waals surface area contributed by atoms with E-state index in [9.17, 15) is 9.35 Å². The summed E-state index contributed by atoms with van der Waals surface area (Å²) in [5.74, 6) is 0.439. The molecule has 24 heavy (non-hydrogen) atoms. The topological polar surface area (TPSA) is 49.4 Å². The van der Waals surface area contributed by atoms with E-state index in [1.165, 1.54) is 0 Å². The molecule has 0 fully saturated rings. The number of carbonyl (C=O) groups is 1. The Labute approximate surface area is 149 Å². The SMILES string of the molecule is C[S+]([O-])c1ccc(C2=C(c3ccccc3)C(=O)C(C)(C)O2)cc1Cl. The lowest BCUT2D eigenvalue weighted by atomic mass is 9.93. The van der Waals surface area contributed by atoms with Crippen molar-refractivity contribution >= 4 is 39.9 Å². The molecule has 0 saturated carbocycles. The highest BCUT2D eigenvalue weighted by Crippen LogP contribution is 2.42. The van der Waals surface area contributed by atoms with Gasteiger partial charge in [0.05, 0.1) is 10.6 Å². The van der Waals surface area contributed by atoms with Crippen LogP contribution in [0.3, 0.4) is 0 Å². The van der Waals surface area contributed by atoms with Crippen LogP contribution in [-0.2, 0) is 20.7 Å². The molecule has 0 aliphatic carbocycles. The van der Waals surface area contributed by atoms with Crippen LogP contribution >= 0.6 is 11.6 Å². The van der Waals surface area contributed by atoms with E-state index >= 15 is 0 Å². The van der Waals surface area contributed by atoms with E-state index < -0.39 is 16.8 Å². The Balaban J connectivity index is 2.17. The summed E-state index contributed by atoms with van der Waals surface area (Å²) >= 11 is 5.07. The summed E-state index contributed by atoms with van der Waals surface area (Å²) in [5, 5.41) is 0.397. The maximum atomic E-state index is 12.8. The van der Waals surface area contributed by atoms with E-state index in [4.69, 9.17) is 16.3 Å². The van der Waals surface area contributed by atoms with Gasteiger partial charge in [0, 0.05) is 5.56 Å². The molecule has 1 unspecified atom stereocenters.